The van der Waals surface area contributed by atoms with Crippen LogP contribution in [0.1, 0.15) is 28.8 Å². The van der Waals surface area contributed by atoms with Gasteiger partial charge in [0.2, 0.25) is 0 Å². The number of benzene rings is 1. The Morgan fingerprint density at radius 2 is 1.86 bits per heavy atom. The SMILES string of the molecule is Cc1cccc(-c2ncccc2[C@@H](O)[C@H](c2cccnc2)N2CCOCC2)c1Cl. The van der Waals surface area contributed by atoms with Crippen molar-refractivity contribution < 1.29 is 9.84 Å². The van der Waals surface area contributed by atoms with Crippen LogP contribution in [0.2, 0.25) is 5.02 Å². The zero-order valence-corrected chi connectivity index (χ0v) is 17.1. The number of halogens is 1. The van der Waals surface area contributed by atoms with Crippen LogP contribution >= 0.6 is 11.6 Å². The topological polar surface area (TPSA) is 58.5 Å². The number of hydrogen-bond acceptors (Lipinski definition) is 5. The molecule has 1 fully saturated rings. The van der Waals surface area contributed by atoms with Crippen molar-refractivity contribution in [3.05, 3.63) is 82.8 Å². The van der Waals surface area contributed by atoms with Crippen molar-refractivity contribution in [3.63, 3.8) is 0 Å². The summed E-state index contributed by atoms with van der Waals surface area (Å²) in [5.74, 6) is 0. The monoisotopic (exact) mass is 409 g/mol. The number of aliphatic hydroxyl groups is 1. The van der Waals surface area contributed by atoms with Crippen LogP contribution in [-0.4, -0.2) is 46.3 Å². The molecule has 5 nitrogen and oxygen atoms in total. The minimum Gasteiger partial charge on any atom is -0.386 e. The summed E-state index contributed by atoms with van der Waals surface area (Å²) in [7, 11) is 0. The quantitative estimate of drug-likeness (QED) is 0.684. The number of rotatable bonds is 5. The standard InChI is InChI=1S/C23H24ClN3O2/c1-16-5-2-7-18(20(16)24)21-19(8-4-10-26-21)23(28)22(17-6-3-9-25-15-17)27-11-13-29-14-12-27/h2-10,15,22-23,28H,11-14H2,1H3/t22-,23+/m0/s1. The van der Waals surface area contributed by atoms with E-state index in [2.05, 4.69) is 14.9 Å². The second-order valence-electron chi connectivity index (χ2n) is 7.20. The third-order valence-corrected chi connectivity index (χ3v) is 5.87. The Bertz CT molecular complexity index is 961. The normalized spacial score (nSPS) is 17.1. The number of aromatic nitrogens is 2. The van der Waals surface area contributed by atoms with E-state index in [0.29, 0.717) is 23.9 Å². The van der Waals surface area contributed by atoms with Crippen LogP contribution < -0.4 is 0 Å². The third kappa shape index (κ3) is 4.19. The highest BCUT2D eigenvalue weighted by Gasteiger charge is 2.32. The molecule has 1 aliphatic rings. The summed E-state index contributed by atoms with van der Waals surface area (Å²) in [5.41, 5.74) is 4.23. The molecular weight excluding hydrogens is 386 g/mol. The Morgan fingerprint density at radius 3 is 2.62 bits per heavy atom. The van der Waals surface area contributed by atoms with Gasteiger partial charge in [-0.1, -0.05) is 41.9 Å². The molecule has 1 N–H and O–H groups in total. The molecule has 3 heterocycles. The highest BCUT2D eigenvalue weighted by atomic mass is 35.5. The van der Waals surface area contributed by atoms with Gasteiger partial charge in [0, 0.05) is 42.8 Å². The van der Waals surface area contributed by atoms with Crippen molar-refractivity contribution in [2.24, 2.45) is 0 Å². The molecule has 0 aliphatic carbocycles. The summed E-state index contributed by atoms with van der Waals surface area (Å²) >= 11 is 6.59. The van der Waals surface area contributed by atoms with Gasteiger partial charge in [-0.05, 0) is 30.2 Å². The fourth-order valence-electron chi connectivity index (χ4n) is 3.88. The molecule has 150 valence electrons. The molecule has 29 heavy (non-hydrogen) atoms. The summed E-state index contributed by atoms with van der Waals surface area (Å²) in [5, 5.41) is 12.3. The van der Waals surface area contributed by atoms with E-state index in [-0.39, 0.29) is 6.04 Å². The lowest BCUT2D eigenvalue weighted by Gasteiger charge is -2.37. The van der Waals surface area contributed by atoms with Gasteiger partial charge in [-0.25, -0.2) is 0 Å². The van der Waals surface area contributed by atoms with Crippen molar-refractivity contribution in [3.8, 4) is 11.3 Å². The van der Waals surface area contributed by atoms with E-state index in [0.717, 1.165) is 35.3 Å². The first-order valence-corrected chi connectivity index (χ1v) is 10.1. The molecule has 2 atom stereocenters. The van der Waals surface area contributed by atoms with Crippen LogP contribution in [0.4, 0.5) is 0 Å². The van der Waals surface area contributed by atoms with Crippen LogP contribution in [0.3, 0.4) is 0 Å². The maximum atomic E-state index is 11.6. The predicted molar refractivity (Wildman–Crippen MR) is 114 cm³/mol. The van der Waals surface area contributed by atoms with E-state index >= 15 is 0 Å². The van der Waals surface area contributed by atoms with Gasteiger partial charge in [-0.2, -0.15) is 0 Å². The minimum absolute atomic E-state index is 0.251. The molecule has 6 heteroatoms. The van der Waals surface area contributed by atoms with Crippen molar-refractivity contribution in [1.29, 1.82) is 0 Å². The number of hydrogen-bond donors (Lipinski definition) is 1. The first-order valence-electron chi connectivity index (χ1n) is 9.77. The number of aryl methyl sites for hydroxylation is 1. The Labute approximate surface area is 176 Å². The molecule has 0 spiro atoms. The smallest absolute Gasteiger partial charge is 0.101 e. The van der Waals surface area contributed by atoms with Crippen LogP contribution in [-0.2, 0) is 4.74 Å². The first kappa shape index (κ1) is 20.0. The van der Waals surface area contributed by atoms with E-state index < -0.39 is 6.10 Å². The second-order valence-corrected chi connectivity index (χ2v) is 7.58. The summed E-state index contributed by atoms with van der Waals surface area (Å²) in [6.45, 7) is 4.76. The number of ether oxygens (including phenoxy) is 1. The molecule has 3 aromatic rings. The summed E-state index contributed by atoms with van der Waals surface area (Å²) in [6, 6.07) is 13.3. The first-order chi connectivity index (χ1) is 14.2. The van der Waals surface area contributed by atoms with Gasteiger partial charge >= 0.3 is 0 Å². The minimum atomic E-state index is -0.794. The second kappa shape index (κ2) is 9.01. The Balaban J connectivity index is 1.79. The highest BCUT2D eigenvalue weighted by molar-refractivity contribution is 6.34. The van der Waals surface area contributed by atoms with Gasteiger partial charge in [-0.15, -0.1) is 0 Å². The maximum absolute atomic E-state index is 11.6. The van der Waals surface area contributed by atoms with Crippen LogP contribution in [0, 0.1) is 6.92 Å². The zero-order valence-electron chi connectivity index (χ0n) is 16.3. The van der Waals surface area contributed by atoms with Crippen molar-refractivity contribution in [2.75, 3.05) is 26.3 Å². The largest absolute Gasteiger partial charge is 0.386 e. The molecule has 0 unspecified atom stereocenters. The van der Waals surface area contributed by atoms with Crippen LogP contribution in [0.5, 0.6) is 0 Å². The van der Waals surface area contributed by atoms with Crippen LogP contribution in [0.15, 0.2) is 61.1 Å². The van der Waals surface area contributed by atoms with Gasteiger partial charge in [0.15, 0.2) is 0 Å². The van der Waals surface area contributed by atoms with Gasteiger partial charge in [0.1, 0.15) is 6.10 Å². The van der Waals surface area contributed by atoms with Gasteiger partial charge in [0.25, 0.3) is 0 Å². The van der Waals surface area contributed by atoms with Gasteiger partial charge in [0.05, 0.1) is 30.0 Å². The molecule has 0 saturated carbocycles. The van der Waals surface area contributed by atoms with Crippen molar-refractivity contribution in [1.82, 2.24) is 14.9 Å². The van der Waals surface area contributed by atoms with E-state index in [9.17, 15) is 5.11 Å². The molecule has 0 radical (unpaired) electrons. The average Bonchev–Trinajstić information content (AvgIpc) is 2.77. The lowest BCUT2D eigenvalue weighted by molar-refractivity contribution is -0.0238. The Hall–Kier alpha value is -2.31. The number of pyridine rings is 2. The Morgan fingerprint density at radius 1 is 1.07 bits per heavy atom. The van der Waals surface area contributed by atoms with Crippen molar-refractivity contribution >= 4 is 11.6 Å². The van der Waals surface area contributed by atoms with Gasteiger partial charge < -0.3 is 9.84 Å². The van der Waals surface area contributed by atoms with E-state index in [1.54, 1.807) is 12.4 Å². The third-order valence-electron chi connectivity index (χ3n) is 5.37. The molecule has 2 aromatic heterocycles. The molecule has 0 bridgehead atoms. The fourth-order valence-corrected chi connectivity index (χ4v) is 4.10. The fraction of sp³-hybridized carbons (Fsp3) is 0.304. The van der Waals surface area contributed by atoms with Crippen LogP contribution in [0.25, 0.3) is 11.3 Å². The number of morpholine rings is 1. The average molecular weight is 410 g/mol. The predicted octanol–water partition coefficient (Wildman–Crippen LogP) is 4.21. The molecule has 0 amide bonds. The van der Waals surface area contributed by atoms with E-state index in [1.807, 2.05) is 55.6 Å². The highest BCUT2D eigenvalue weighted by Crippen LogP contribution is 2.40. The van der Waals surface area contributed by atoms with Crippen molar-refractivity contribution in [2.45, 2.75) is 19.1 Å². The lowest BCUT2D eigenvalue weighted by Crippen LogP contribution is -2.41. The maximum Gasteiger partial charge on any atom is 0.101 e. The number of nitrogens with zero attached hydrogens (tertiary/aromatic N) is 3. The molecule has 1 saturated heterocycles. The number of aliphatic hydroxyl groups excluding tert-OH is 1. The van der Waals surface area contributed by atoms with E-state index in [4.69, 9.17) is 16.3 Å². The zero-order chi connectivity index (χ0) is 20.2. The molecule has 1 aromatic carbocycles. The van der Waals surface area contributed by atoms with Gasteiger partial charge in [-0.3, -0.25) is 14.9 Å². The molecule has 1 aliphatic heterocycles. The summed E-state index contributed by atoms with van der Waals surface area (Å²) < 4.78 is 5.52. The summed E-state index contributed by atoms with van der Waals surface area (Å²) in [6.07, 6.45) is 4.50. The van der Waals surface area contributed by atoms with E-state index in [1.165, 1.54) is 0 Å². The molecule has 4 rings (SSSR count). The lowest BCUT2D eigenvalue weighted by atomic mass is 9.92. The Kier molecular flexibility index (Phi) is 6.21. The molecular formula is C23H24ClN3O2. The summed E-state index contributed by atoms with van der Waals surface area (Å²) in [4.78, 5) is 11.1.